The topological polar surface area (TPSA) is 104 Å². The van der Waals surface area contributed by atoms with E-state index < -0.39 is 29.9 Å². The molecule has 0 spiro atoms. The summed E-state index contributed by atoms with van der Waals surface area (Å²) in [7, 11) is 0. The molecule has 3 saturated carbocycles. The highest BCUT2D eigenvalue weighted by molar-refractivity contribution is 5.85. The molecule has 0 aromatic carbocycles. The summed E-state index contributed by atoms with van der Waals surface area (Å²) >= 11 is 0. The fourth-order valence-corrected chi connectivity index (χ4v) is 10.2. The van der Waals surface area contributed by atoms with E-state index in [9.17, 15) is 24.9 Å². The monoisotopic (exact) mass is 532 g/mol. The van der Waals surface area contributed by atoms with Crippen LogP contribution < -0.4 is 0 Å². The molecule has 0 amide bonds. The number of carbonyl (C=O) groups excluding carboxylic acids is 2. The van der Waals surface area contributed by atoms with E-state index in [1.54, 1.807) is 13.8 Å². The van der Waals surface area contributed by atoms with Gasteiger partial charge in [0.05, 0.1) is 17.8 Å². The molecule has 0 aromatic rings. The van der Waals surface area contributed by atoms with Crippen LogP contribution in [0.15, 0.2) is 11.1 Å². The average molecular weight is 533 g/mol. The van der Waals surface area contributed by atoms with Gasteiger partial charge in [0.25, 0.3) is 0 Å². The number of aliphatic hydroxyl groups excluding tert-OH is 2. The summed E-state index contributed by atoms with van der Waals surface area (Å²) < 4.78 is 5.34. The van der Waals surface area contributed by atoms with Crippen molar-refractivity contribution in [1.29, 1.82) is 0 Å². The molecule has 6 unspecified atom stereocenters. The Morgan fingerprint density at radius 3 is 2.32 bits per heavy atom. The maximum atomic E-state index is 12.9. The van der Waals surface area contributed by atoms with E-state index in [0.29, 0.717) is 25.0 Å². The molecule has 3 fully saturated rings. The first-order chi connectivity index (χ1) is 17.3. The Morgan fingerprint density at radius 1 is 1.11 bits per heavy atom. The highest BCUT2D eigenvalue weighted by Crippen LogP contribution is 2.74. The number of allylic oxidation sites excluding steroid dienone is 1. The summed E-state index contributed by atoms with van der Waals surface area (Å²) in [6.45, 7) is 17.9. The molecule has 6 heteroatoms. The fourth-order valence-electron chi connectivity index (χ4n) is 10.2. The van der Waals surface area contributed by atoms with Gasteiger partial charge >= 0.3 is 5.97 Å². The number of esters is 1. The maximum Gasteiger partial charge on any atom is 0.303 e. The first-order valence-corrected chi connectivity index (χ1v) is 14.8. The van der Waals surface area contributed by atoms with Crippen LogP contribution in [0, 0.1) is 39.4 Å². The lowest BCUT2D eigenvalue weighted by molar-refractivity contribution is -0.208. The molecule has 38 heavy (non-hydrogen) atoms. The zero-order valence-corrected chi connectivity index (χ0v) is 25.2. The Morgan fingerprint density at radius 2 is 1.74 bits per heavy atom. The highest BCUT2D eigenvalue weighted by Gasteiger charge is 2.69. The van der Waals surface area contributed by atoms with Gasteiger partial charge in [-0.2, -0.15) is 0 Å². The summed E-state index contributed by atoms with van der Waals surface area (Å²) in [5, 5.41) is 33.5. The van der Waals surface area contributed by atoms with E-state index in [1.807, 2.05) is 0 Å². The number of hydrogen-bond donors (Lipinski definition) is 3. The minimum atomic E-state index is -1.36. The minimum absolute atomic E-state index is 0.0349. The van der Waals surface area contributed by atoms with Gasteiger partial charge < -0.3 is 20.1 Å². The van der Waals surface area contributed by atoms with Gasteiger partial charge in [-0.15, -0.1) is 0 Å². The van der Waals surface area contributed by atoms with Crippen molar-refractivity contribution in [3.8, 4) is 0 Å². The van der Waals surface area contributed by atoms with Crippen molar-refractivity contribution < 1.29 is 29.6 Å². The largest absolute Gasteiger partial charge is 0.457 e. The number of ether oxygens (including phenoxy) is 1. The van der Waals surface area contributed by atoms with Crippen LogP contribution >= 0.6 is 0 Å². The molecule has 0 heterocycles. The number of Topliss-reactive ketones (excluding diaryl/α,β-unsaturated/α-hetero) is 1. The summed E-state index contributed by atoms with van der Waals surface area (Å²) in [5.74, 6) is 0.305. The molecule has 0 bridgehead atoms. The third-order valence-electron chi connectivity index (χ3n) is 12.2. The molecule has 3 N–H and O–H groups in total. The third kappa shape index (κ3) is 4.32. The number of ketones is 1. The fraction of sp³-hybridized carbons (Fsp3) is 0.875. The van der Waals surface area contributed by atoms with Crippen LogP contribution in [0.25, 0.3) is 0 Å². The SMILES string of the molecule is CC(=O)OC(C(O)CC(C)C1=C2CC(O)C3[C@@]4(C)CCC(=O)C(C)(C)C4CC[C@]3(C)[C@@]2(C)CC1)C(C)(C)O. The Kier molecular flexibility index (Phi) is 7.36. The van der Waals surface area contributed by atoms with Gasteiger partial charge in [0.15, 0.2) is 6.10 Å². The second-order valence-corrected chi connectivity index (χ2v) is 15.1. The van der Waals surface area contributed by atoms with Crippen LogP contribution in [-0.4, -0.2) is 51.0 Å². The molecule has 4 aliphatic rings. The first-order valence-electron chi connectivity index (χ1n) is 14.8. The Hall–Kier alpha value is -1.24. The van der Waals surface area contributed by atoms with Gasteiger partial charge in [-0.1, -0.05) is 52.7 Å². The lowest BCUT2D eigenvalue weighted by Crippen LogP contribution is -2.65. The van der Waals surface area contributed by atoms with Crippen LogP contribution in [0.2, 0.25) is 0 Å². The molecule has 9 atom stereocenters. The van der Waals surface area contributed by atoms with Crippen molar-refractivity contribution in [1.82, 2.24) is 0 Å². The zero-order valence-electron chi connectivity index (χ0n) is 25.2. The van der Waals surface area contributed by atoms with E-state index in [0.717, 1.165) is 32.1 Å². The highest BCUT2D eigenvalue weighted by atomic mass is 16.6. The van der Waals surface area contributed by atoms with Crippen molar-refractivity contribution in [2.75, 3.05) is 0 Å². The van der Waals surface area contributed by atoms with Crippen LogP contribution in [0.3, 0.4) is 0 Å². The molecule has 0 saturated heterocycles. The van der Waals surface area contributed by atoms with Gasteiger partial charge in [-0.3, -0.25) is 9.59 Å². The standard InChI is InChI=1S/C32H52O6/c1-18(16-23(35)27(29(5,6)37)38-19(2)33)20-10-14-31(8)21(20)17-22(34)26-30(7)13-12-25(36)28(3,4)24(30)11-15-32(26,31)9/h18,22-24,26-27,34-35,37H,10-17H2,1-9H3/t18?,22?,23?,24?,26?,27?,30-,31-,32-/m0/s1. The molecule has 216 valence electrons. The summed E-state index contributed by atoms with van der Waals surface area (Å²) in [5.41, 5.74) is 0.754. The Labute approximate surface area is 229 Å². The molecule has 0 radical (unpaired) electrons. The quantitative estimate of drug-likeness (QED) is 0.314. The minimum Gasteiger partial charge on any atom is -0.457 e. The van der Waals surface area contributed by atoms with Crippen LogP contribution in [0.5, 0.6) is 0 Å². The number of rotatable bonds is 6. The molecule has 6 nitrogen and oxygen atoms in total. The summed E-state index contributed by atoms with van der Waals surface area (Å²) in [6.07, 6.45) is 3.98. The summed E-state index contributed by atoms with van der Waals surface area (Å²) in [6, 6.07) is 0. The normalized spacial score (nSPS) is 41.1. The van der Waals surface area contributed by atoms with Gasteiger partial charge in [-0.05, 0) is 92.8 Å². The van der Waals surface area contributed by atoms with Gasteiger partial charge in [0.2, 0.25) is 0 Å². The van der Waals surface area contributed by atoms with Crippen molar-refractivity contribution in [3.63, 3.8) is 0 Å². The number of carbonyl (C=O) groups is 2. The molecule has 4 rings (SSSR count). The van der Waals surface area contributed by atoms with E-state index in [2.05, 4.69) is 41.5 Å². The van der Waals surface area contributed by atoms with Crippen molar-refractivity contribution in [2.45, 2.75) is 138 Å². The van der Waals surface area contributed by atoms with Crippen LogP contribution in [-0.2, 0) is 14.3 Å². The van der Waals surface area contributed by atoms with Crippen molar-refractivity contribution in [2.24, 2.45) is 39.4 Å². The van der Waals surface area contributed by atoms with Crippen LogP contribution in [0.1, 0.15) is 114 Å². The lowest BCUT2D eigenvalue weighted by atomic mass is 9.36. The van der Waals surface area contributed by atoms with Crippen LogP contribution in [0.4, 0.5) is 0 Å². The van der Waals surface area contributed by atoms with Crippen molar-refractivity contribution >= 4 is 11.8 Å². The maximum absolute atomic E-state index is 12.9. The molecule has 0 aliphatic heterocycles. The molecular formula is C32H52O6. The predicted octanol–water partition coefficient (Wildman–Crippen LogP) is 5.37. The second-order valence-electron chi connectivity index (χ2n) is 15.1. The van der Waals surface area contributed by atoms with E-state index in [4.69, 9.17) is 4.74 Å². The number of hydrogen-bond acceptors (Lipinski definition) is 6. The third-order valence-corrected chi connectivity index (χ3v) is 12.2. The number of fused-ring (bicyclic) bond motifs is 5. The second kappa shape index (κ2) is 9.41. The molecule has 0 aromatic heterocycles. The molecule has 4 aliphatic carbocycles. The first kappa shape index (κ1) is 29.7. The predicted molar refractivity (Wildman–Crippen MR) is 147 cm³/mol. The van der Waals surface area contributed by atoms with Crippen molar-refractivity contribution in [3.05, 3.63) is 11.1 Å². The van der Waals surface area contributed by atoms with E-state index in [-0.39, 0.29) is 39.4 Å². The average Bonchev–Trinajstić information content (AvgIpc) is 3.12. The zero-order chi connectivity index (χ0) is 28.6. The van der Waals surface area contributed by atoms with E-state index in [1.165, 1.54) is 18.1 Å². The number of aliphatic hydroxyl groups is 3. The Bertz CT molecular complexity index is 1010. The van der Waals surface area contributed by atoms with Gasteiger partial charge in [0.1, 0.15) is 5.78 Å². The smallest absolute Gasteiger partial charge is 0.303 e. The van der Waals surface area contributed by atoms with Gasteiger partial charge in [-0.25, -0.2) is 0 Å². The lowest BCUT2D eigenvalue weighted by Gasteiger charge is -2.69. The Balaban J connectivity index is 1.66. The van der Waals surface area contributed by atoms with Gasteiger partial charge in [0, 0.05) is 18.8 Å². The molecular weight excluding hydrogens is 480 g/mol. The van der Waals surface area contributed by atoms with E-state index >= 15 is 0 Å². The summed E-state index contributed by atoms with van der Waals surface area (Å²) in [4.78, 5) is 24.6.